The molecule has 5 aliphatic carbocycles. The van der Waals surface area contributed by atoms with E-state index in [2.05, 4.69) is 70.8 Å². The fourth-order valence-corrected chi connectivity index (χ4v) is 12.2. The van der Waals surface area contributed by atoms with Crippen molar-refractivity contribution in [2.75, 3.05) is 11.5 Å². The number of H-pyrrole nitrogens is 1. The predicted octanol–water partition coefficient (Wildman–Crippen LogP) is 8.00. The van der Waals surface area contributed by atoms with Gasteiger partial charge in [0, 0.05) is 27.9 Å². The Morgan fingerprint density at radius 3 is 2.35 bits per heavy atom. The molecule has 7 unspecified atom stereocenters. The number of carbonyl (C=O) groups is 1. The number of aromatic nitrogens is 2. The molecule has 6 nitrogen and oxygen atoms in total. The number of fused-ring (bicyclic) bond motifs is 8. The third-order valence-corrected chi connectivity index (χ3v) is 14.7. The number of hydrogen-bond acceptors (Lipinski definition) is 4. The Bertz CT molecular complexity index is 1550. The molecule has 0 amide bonds. The molecule has 1 aromatic carbocycles. The Labute approximate surface area is 257 Å². The molecule has 0 spiro atoms. The highest BCUT2D eigenvalue weighted by Gasteiger charge is 2.70. The molecule has 1 heterocycles. The number of anilines is 2. The molecule has 7 rings (SSSR count). The summed E-state index contributed by atoms with van der Waals surface area (Å²) < 4.78 is 0. The Morgan fingerprint density at radius 2 is 1.65 bits per heavy atom. The minimum absolute atomic E-state index is 0.0119. The highest BCUT2D eigenvalue weighted by molar-refractivity contribution is 5.83. The van der Waals surface area contributed by atoms with Crippen LogP contribution in [0.5, 0.6) is 0 Å². The van der Waals surface area contributed by atoms with Crippen molar-refractivity contribution in [3.63, 3.8) is 0 Å². The van der Waals surface area contributed by atoms with Crippen molar-refractivity contribution < 1.29 is 9.90 Å². The van der Waals surface area contributed by atoms with E-state index in [0.29, 0.717) is 17.7 Å². The number of benzene rings is 1. The van der Waals surface area contributed by atoms with Crippen LogP contribution in [0.2, 0.25) is 0 Å². The van der Waals surface area contributed by atoms with Gasteiger partial charge in [-0.3, -0.25) is 9.89 Å². The smallest absolute Gasteiger partial charge is 0.310 e. The number of carboxylic acids is 1. The second kappa shape index (κ2) is 8.69. The number of rotatable bonds is 2. The van der Waals surface area contributed by atoms with Gasteiger partial charge in [0.15, 0.2) is 0 Å². The maximum Gasteiger partial charge on any atom is 0.310 e. The minimum Gasteiger partial charge on any atom is -0.481 e. The van der Waals surface area contributed by atoms with Gasteiger partial charge < -0.3 is 16.6 Å². The van der Waals surface area contributed by atoms with Crippen molar-refractivity contribution in [2.45, 2.75) is 112 Å². The maximum atomic E-state index is 13.3. The molecule has 0 saturated heterocycles. The van der Waals surface area contributed by atoms with Crippen LogP contribution in [0.25, 0.3) is 5.57 Å². The first-order chi connectivity index (χ1) is 20.0. The van der Waals surface area contributed by atoms with Crippen molar-refractivity contribution in [3.05, 3.63) is 46.7 Å². The molecule has 0 bridgehead atoms. The summed E-state index contributed by atoms with van der Waals surface area (Å²) in [7, 11) is 0. The molecule has 1 aromatic heterocycles. The summed E-state index contributed by atoms with van der Waals surface area (Å²) in [6, 6.07) is 8.36. The third kappa shape index (κ3) is 3.53. The summed E-state index contributed by atoms with van der Waals surface area (Å²) in [5.41, 5.74) is 19.8. The molecule has 232 valence electrons. The highest BCUT2D eigenvalue weighted by Crippen LogP contribution is 2.77. The largest absolute Gasteiger partial charge is 0.481 e. The number of aromatic amines is 1. The topological polar surface area (TPSA) is 118 Å². The number of carboxylic acid groups (broad SMARTS) is 1. The number of nitrogen functional groups attached to an aromatic ring is 2. The number of nitrogens with two attached hydrogens (primary N) is 2. The lowest BCUT2D eigenvalue weighted by Crippen LogP contribution is -2.65. The molecule has 6 N–H and O–H groups in total. The molecule has 3 fully saturated rings. The number of para-hydroxylation sites is 1. The Balaban J connectivity index is 1.50. The van der Waals surface area contributed by atoms with Crippen LogP contribution in [0.3, 0.4) is 0 Å². The molecule has 7 atom stereocenters. The minimum atomic E-state index is -0.698. The summed E-state index contributed by atoms with van der Waals surface area (Å²) in [6.07, 6.45) is 8.47. The van der Waals surface area contributed by atoms with Crippen LogP contribution < -0.4 is 11.5 Å². The van der Waals surface area contributed by atoms with Gasteiger partial charge in [0.2, 0.25) is 0 Å². The zero-order chi connectivity index (χ0) is 31.0. The Morgan fingerprint density at radius 1 is 0.953 bits per heavy atom. The fraction of sp³-hybridized carbons (Fsp3) is 0.676. The monoisotopic (exact) mass is 584 g/mol. The number of hydrogen-bond donors (Lipinski definition) is 4. The summed E-state index contributed by atoms with van der Waals surface area (Å²) in [5.74, 6) is 0.958. The first-order valence-corrected chi connectivity index (χ1v) is 16.7. The van der Waals surface area contributed by atoms with Crippen LogP contribution in [0.15, 0.2) is 29.8 Å². The number of nitrogens with zero attached hydrogens (tertiary/aromatic N) is 1. The van der Waals surface area contributed by atoms with E-state index in [1.807, 2.05) is 12.1 Å². The lowest BCUT2D eigenvalue weighted by atomic mass is 9.32. The molecule has 5 aliphatic rings. The average Bonchev–Trinajstić information content (AvgIpc) is 3.29. The molecule has 0 aliphatic heterocycles. The van der Waals surface area contributed by atoms with Crippen LogP contribution in [0.1, 0.15) is 117 Å². The molecule has 2 aromatic rings. The number of nitrogens with one attached hydrogen (secondary N) is 1. The Hall–Kier alpha value is -2.76. The van der Waals surface area contributed by atoms with Crippen LogP contribution in [-0.2, 0) is 16.6 Å². The highest BCUT2D eigenvalue weighted by atomic mass is 16.4. The molecule has 43 heavy (non-hydrogen) atoms. The van der Waals surface area contributed by atoms with Crippen LogP contribution in [0, 0.1) is 44.8 Å². The van der Waals surface area contributed by atoms with E-state index in [4.69, 9.17) is 11.5 Å². The van der Waals surface area contributed by atoms with Gasteiger partial charge in [-0.25, -0.2) is 0 Å². The predicted molar refractivity (Wildman–Crippen MR) is 173 cm³/mol. The fourth-order valence-electron chi connectivity index (χ4n) is 12.2. The van der Waals surface area contributed by atoms with E-state index in [0.717, 1.165) is 69.0 Å². The molecule has 0 radical (unpaired) electrons. The van der Waals surface area contributed by atoms with E-state index in [1.54, 1.807) is 0 Å². The summed E-state index contributed by atoms with van der Waals surface area (Å²) in [6.45, 7) is 17.1. The summed E-state index contributed by atoms with van der Waals surface area (Å²) in [4.78, 5) is 13.3. The van der Waals surface area contributed by atoms with Crippen molar-refractivity contribution >= 4 is 23.0 Å². The van der Waals surface area contributed by atoms with Crippen LogP contribution in [-0.4, -0.2) is 21.3 Å². The van der Waals surface area contributed by atoms with Gasteiger partial charge in [-0.15, -0.1) is 0 Å². The molecule has 3 saturated carbocycles. The molecular formula is C37H52N4O2. The zero-order valence-corrected chi connectivity index (χ0v) is 27.4. The van der Waals surface area contributed by atoms with Crippen molar-refractivity contribution in [3.8, 4) is 0 Å². The van der Waals surface area contributed by atoms with Crippen molar-refractivity contribution in [1.29, 1.82) is 0 Å². The van der Waals surface area contributed by atoms with E-state index >= 15 is 0 Å². The summed E-state index contributed by atoms with van der Waals surface area (Å²) >= 11 is 0. The van der Waals surface area contributed by atoms with Crippen molar-refractivity contribution in [2.24, 2.45) is 44.8 Å². The first-order valence-electron chi connectivity index (χ1n) is 16.7. The maximum absolute atomic E-state index is 13.3. The van der Waals surface area contributed by atoms with E-state index in [-0.39, 0.29) is 33.0 Å². The van der Waals surface area contributed by atoms with Gasteiger partial charge >= 0.3 is 5.97 Å². The average molecular weight is 585 g/mol. The molecule has 6 heteroatoms. The van der Waals surface area contributed by atoms with E-state index < -0.39 is 11.4 Å². The third-order valence-electron chi connectivity index (χ3n) is 14.7. The summed E-state index contributed by atoms with van der Waals surface area (Å²) in [5, 5.41) is 18.8. The van der Waals surface area contributed by atoms with Crippen molar-refractivity contribution in [1.82, 2.24) is 10.2 Å². The van der Waals surface area contributed by atoms with Gasteiger partial charge in [0.25, 0.3) is 0 Å². The van der Waals surface area contributed by atoms with Gasteiger partial charge in [0.1, 0.15) is 5.82 Å². The van der Waals surface area contributed by atoms with Crippen LogP contribution in [0.4, 0.5) is 11.5 Å². The van der Waals surface area contributed by atoms with Gasteiger partial charge in [-0.1, -0.05) is 72.2 Å². The first kappa shape index (κ1) is 29.0. The van der Waals surface area contributed by atoms with Gasteiger partial charge in [-0.2, -0.15) is 5.10 Å². The van der Waals surface area contributed by atoms with Gasteiger partial charge in [0.05, 0.1) is 5.41 Å². The quantitative estimate of drug-likeness (QED) is 0.267. The SMILES string of the molecule is CC1(C)CCC2(C(=O)O)CCC3(C)C(=C(c4ccccc4N)CC4C5(C)Cc6c(N)n[nH]c6C(C)(C)C5CCC43C)C2C1. The number of aliphatic carboxylic acids is 1. The lowest BCUT2D eigenvalue weighted by molar-refractivity contribution is -0.175. The normalized spacial score (nSPS) is 40.9. The van der Waals surface area contributed by atoms with Gasteiger partial charge in [-0.05, 0) is 109 Å². The van der Waals surface area contributed by atoms with E-state index in [1.165, 1.54) is 22.4 Å². The Kier molecular flexibility index (Phi) is 5.86. The molecular weight excluding hydrogens is 532 g/mol. The standard InChI is InChI=1S/C37H52N4O2/c1-32(2)14-16-37(31(42)43)17-15-36(7)28(24(37)20-32)22(21-10-8-9-11-25(21)38)18-27-34(5)19-23-29(40-41-30(23)39)33(3,4)26(34)12-13-35(27,36)6/h8-11,24,26-27H,12-20,38H2,1-7H3,(H,42,43)(H3,39,40,41). The second-order valence-electron chi connectivity index (χ2n) is 17.3. The van der Waals surface area contributed by atoms with E-state index in [9.17, 15) is 9.90 Å². The lowest BCUT2D eigenvalue weighted by Gasteiger charge is -2.71. The second-order valence-corrected chi connectivity index (χ2v) is 17.3. The zero-order valence-electron chi connectivity index (χ0n) is 27.4. The number of allylic oxidation sites excluding steroid dienone is 2. The van der Waals surface area contributed by atoms with Crippen LogP contribution >= 0.6 is 0 Å².